The SMILES string of the molecule is Cn1cc(-c2cc(C(=O)O)ccc2Cl)c(C(C)(C)C)n1. The van der Waals surface area contributed by atoms with Gasteiger partial charge in [0.25, 0.3) is 0 Å². The molecule has 0 unspecified atom stereocenters. The molecule has 0 bridgehead atoms. The van der Waals surface area contributed by atoms with Crippen LogP contribution in [0.5, 0.6) is 0 Å². The van der Waals surface area contributed by atoms with Gasteiger partial charge in [-0.15, -0.1) is 0 Å². The Kier molecular flexibility index (Phi) is 3.61. The second-order valence-electron chi connectivity index (χ2n) is 5.81. The van der Waals surface area contributed by atoms with Gasteiger partial charge in [0.15, 0.2) is 0 Å². The van der Waals surface area contributed by atoms with Crippen LogP contribution in [0.4, 0.5) is 0 Å². The number of carboxylic acids is 1. The minimum atomic E-state index is -0.968. The van der Waals surface area contributed by atoms with E-state index in [1.165, 1.54) is 6.07 Å². The van der Waals surface area contributed by atoms with Crippen molar-refractivity contribution >= 4 is 17.6 Å². The van der Waals surface area contributed by atoms with Crippen molar-refractivity contribution in [1.82, 2.24) is 9.78 Å². The number of rotatable bonds is 2. The number of halogens is 1. The predicted molar refractivity (Wildman–Crippen MR) is 79.3 cm³/mol. The summed E-state index contributed by atoms with van der Waals surface area (Å²) in [7, 11) is 1.84. The summed E-state index contributed by atoms with van der Waals surface area (Å²) in [6, 6.07) is 4.71. The van der Waals surface area contributed by atoms with E-state index < -0.39 is 5.97 Å². The Balaban J connectivity index is 2.68. The van der Waals surface area contributed by atoms with Gasteiger partial charge < -0.3 is 5.11 Å². The third-order valence-electron chi connectivity index (χ3n) is 3.04. The molecular formula is C15H17ClN2O2. The Morgan fingerprint density at radius 2 is 1.95 bits per heavy atom. The molecule has 1 heterocycles. The molecule has 2 rings (SSSR count). The molecule has 0 aliphatic heterocycles. The second kappa shape index (κ2) is 4.94. The zero-order valence-electron chi connectivity index (χ0n) is 11.9. The minimum absolute atomic E-state index is 0.154. The zero-order valence-corrected chi connectivity index (χ0v) is 12.7. The van der Waals surface area contributed by atoms with Crippen LogP contribution < -0.4 is 0 Å². The van der Waals surface area contributed by atoms with E-state index in [-0.39, 0.29) is 11.0 Å². The Morgan fingerprint density at radius 1 is 1.30 bits per heavy atom. The van der Waals surface area contributed by atoms with Crippen LogP contribution >= 0.6 is 11.6 Å². The van der Waals surface area contributed by atoms with Crippen LogP contribution in [0, 0.1) is 0 Å². The lowest BCUT2D eigenvalue weighted by atomic mass is 9.87. The maximum absolute atomic E-state index is 11.1. The van der Waals surface area contributed by atoms with E-state index in [0.717, 1.165) is 11.3 Å². The molecular weight excluding hydrogens is 276 g/mol. The van der Waals surface area contributed by atoms with E-state index in [4.69, 9.17) is 16.7 Å². The molecule has 4 nitrogen and oxygen atoms in total. The molecule has 1 aromatic heterocycles. The molecule has 0 amide bonds. The van der Waals surface area contributed by atoms with Crippen LogP contribution in [-0.4, -0.2) is 20.9 Å². The lowest BCUT2D eigenvalue weighted by Gasteiger charge is -2.18. The van der Waals surface area contributed by atoms with Crippen molar-refractivity contribution in [2.75, 3.05) is 0 Å². The smallest absolute Gasteiger partial charge is 0.335 e. The van der Waals surface area contributed by atoms with Gasteiger partial charge in [0.05, 0.1) is 11.3 Å². The average Bonchev–Trinajstić information content (AvgIpc) is 2.71. The summed E-state index contributed by atoms with van der Waals surface area (Å²) in [6.07, 6.45) is 1.87. The quantitative estimate of drug-likeness (QED) is 0.917. The highest BCUT2D eigenvalue weighted by Crippen LogP contribution is 2.36. The molecule has 106 valence electrons. The largest absolute Gasteiger partial charge is 0.478 e. The number of aromatic carboxylic acids is 1. The maximum Gasteiger partial charge on any atom is 0.335 e. The molecule has 0 saturated heterocycles. The number of hydrogen-bond donors (Lipinski definition) is 1. The van der Waals surface area contributed by atoms with Crippen molar-refractivity contribution in [1.29, 1.82) is 0 Å². The predicted octanol–water partition coefficient (Wildman–Crippen LogP) is 3.74. The molecule has 2 aromatic rings. The third kappa shape index (κ3) is 2.70. The number of carboxylic acid groups (broad SMARTS) is 1. The molecule has 0 spiro atoms. The number of aryl methyl sites for hydroxylation is 1. The van der Waals surface area contributed by atoms with Gasteiger partial charge in [0.2, 0.25) is 0 Å². The molecule has 0 aliphatic carbocycles. The van der Waals surface area contributed by atoms with E-state index in [9.17, 15) is 4.79 Å². The Hall–Kier alpha value is -1.81. The van der Waals surface area contributed by atoms with Crippen molar-refractivity contribution in [2.45, 2.75) is 26.2 Å². The Bertz CT molecular complexity index is 669. The lowest BCUT2D eigenvalue weighted by Crippen LogP contribution is -2.14. The molecule has 0 radical (unpaired) electrons. The summed E-state index contributed by atoms with van der Waals surface area (Å²) in [6.45, 7) is 6.19. The van der Waals surface area contributed by atoms with E-state index >= 15 is 0 Å². The first kappa shape index (κ1) is 14.6. The summed E-state index contributed by atoms with van der Waals surface area (Å²) >= 11 is 6.24. The Labute approximate surface area is 123 Å². The molecule has 1 aromatic carbocycles. The standard InChI is InChI=1S/C15H17ClN2O2/c1-15(2,3)13-11(8-18(4)17-13)10-7-9(14(19)20)5-6-12(10)16/h5-8H,1-4H3,(H,19,20). The van der Waals surface area contributed by atoms with Crippen LogP contribution in [0.2, 0.25) is 5.02 Å². The maximum atomic E-state index is 11.1. The van der Waals surface area contributed by atoms with Gasteiger partial charge in [-0.05, 0) is 18.2 Å². The van der Waals surface area contributed by atoms with E-state index in [2.05, 4.69) is 25.9 Å². The van der Waals surface area contributed by atoms with E-state index in [1.807, 2.05) is 13.2 Å². The van der Waals surface area contributed by atoms with Crippen molar-refractivity contribution < 1.29 is 9.90 Å². The number of carbonyl (C=O) groups is 1. The van der Waals surface area contributed by atoms with Gasteiger partial charge in [-0.1, -0.05) is 32.4 Å². The first-order chi connectivity index (χ1) is 9.20. The fourth-order valence-electron chi connectivity index (χ4n) is 2.10. The van der Waals surface area contributed by atoms with Gasteiger partial charge in [-0.25, -0.2) is 4.79 Å². The summed E-state index contributed by atoms with van der Waals surface area (Å²) in [4.78, 5) is 11.1. The van der Waals surface area contributed by atoms with Crippen molar-refractivity contribution in [3.8, 4) is 11.1 Å². The minimum Gasteiger partial charge on any atom is -0.478 e. The van der Waals surface area contributed by atoms with Gasteiger partial charge in [-0.2, -0.15) is 5.10 Å². The molecule has 0 atom stereocenters. The number of nitrogens with zero attached hydrogens (tertiary/aromatic N) is 2. The van der Waals surface area contributed by atoms with Gasteiger partial charge in [0.1, 0.15) is 0 Å². The van der Waals surface area contributed by atoms with Crippen LogP contribution in [0.3, 0.4) is 0 Å². The van der Waals surface area contributed by atoms with E-state index in [0.29, 0.717) is 10.6 Å². The van der Waals surface area contributed by atoms with Crippen molar-refractivity contribution in [2.24, 2.45) is 7.05 Å². The summed E-state index contributed by atoms with van der Waals surface area (Å²) in [5, 5.41) is 14.1. The summed E-state index contributed by atoms with van der Waals surface area (Å²) in [5.41, 5.74) is 2.52. The third-order valence-corrected chi connectivity index (χ3v) is 3.37. The van der Waals surface area contributed by atoms with Gasteiger partial charge in [0, 0.05) is 34.8 Å². The summed E-state index contributed by atoms with van der Waals surface area (Å²) < 4.78 is 1.72. The number of benzene rings is 1. The van der Waals surface area contributed by atoms with Crippen molar-refractivity contribution in [3.05, 3.63) is 40.7 Å². The first-order valence-corrected chi connectivity index (χ1v) is 6.65. The molecule has 5 heteroatoms. The normalized spacial score (nSPS) is 11.7. The fraction of sp³-hybridized carbons (Fsp3) is 0.333. The molecule has 0 aliphatic rings. The topological polar surface area (TPSA) is 55.1 Å². The molecule has 0 fully saturated rings. The zero-order chi connectivity index (χ0) is 15.1. The molecule has 1 N–H and O–H groups in total. The van der Waals surface area contributed by atoms with E-state index in [1.54, 1.807) is 16.8 Å². The van der Waals surface area contributed by atoms with Crippen LogP contribution in [-0.2, 0) is 12.5 Å². The number of hydrogen-bond acceptors (Lipinski definition) is 2. The fourth-order valence-corrected chi connectivity index (χ4v) is 2.32. The molecule has 20 heavy (non-hydrogen) atoms. The van der Waals surface area contributed by atoms with Gasteiger partial charge >= 0.3 is 5.97 Å². The number of aromatic nitrogens is 2. The Morgan fingerprint density at radius 3 is 2.50 bits per heavy atom. The van der Waals surface area contributed by atoms with Crippen LogP contribution in [0.25, 0.3) is 11.1 Å². The van der Waals surface area contributed by atoms with Crippen LogP contribution in [0.15, 0.2) is 24.4 Å². The second-order valence-corrected chi connectivity index (χ2v) is 6.22. The average molecular weight is 293 g/mol. The van der Waals surface area contributed by atoms with Crippen LogP contribution in [0.1, 0.15) is 36.8 Å². The highest BCUT2D eigenvalue weighted by atomic mass is 35.5. The van der Waals surface area contributed by atoms with Gasteiger partial charge in [-0.3, -0.25) is 4.68 Å². The highest BCUT2D eigenvalue weighted by Gasteiger charge is 2.24. The monoisotopic (exact) mass is 292 g/mol. The molecule has 0 saturated carbocycles. The summed E-state index contributed by atoms with van der Waals surface area (Å²) in [5.74, 6) is -0.968. The van der Waals surface area contributed by atoms with Crippen molar-refractivity contribution in [3.63, 3.8) is 0 Å². The lowest BCUT2D eigenvalue weighted by molar-refractivity contribution is 0.0697. The first-order valence-electron chi connectivity index (χ1n) is 6.27. The highest BCUT2D eigenvalue weighted by molar-refractivity contribution is 6.33.